The fourth-order valence-corrected chi connectivity index (χ4v) is 4.21. The number of carbonyl (C=O) groups excluding carboxylic acids is 1. The van der Waals surface area contributed by atoms with Crippen molar-refractivity contribution >= 4 is 5.91 Å². The number of aliphatic hydroxyl groups is 1. The van der Waals surface area contributed by atoms with Gasteiger partial charge in [0.15, 0.2) is 0 Å². The second-order valence-corrected chi connectivity index (χ2v) is 7.83. The number of piperidine rings is 1. The number of likely N-dealkylation sites (tertiary alicyclic amines) is 1. The predicted molar refractivity (Wildman–Crippen MR) is 98.0 cm³/mol. The Morgan fingerprint density at radius 3 is 2.52 bits per heavy atom. The summed E-state index contributed by atoms with van der Waals surface area (Å²) in [4.78, 5) is 21.0. The zero-order valence-electron chi connectivity index (χ0n) is 15.4. The van der Waals surface area contributed by atoms with Crippen LogP contribution in [0.2, 0.25) is 0 Å². The molecule has 0 bridgehead atoms. The quantitative estimate of drug-likeness (QED) is 0.891. The third-order valence-electron chi connectivity index (χ3n) is 5.92. The zero-order chi connectivity index (χ0) is 17.7. The molecule has 0 unspecified atom stereocenters. The molecule has 1 saturated heterocycles. The highest BCUT2D eigenvalue weighted by molar-refractivity contribution is 5.77. The molecule has 1 saturated carbocycles. The number of carbonyl (C=O) groups is 1. The minimum Gasteiger partial charge on any atom is -0.389 e. The molecule has 25 heavy (non-hydrogen) atoms. The molecule has 2 aliphatic rings. The van der Waals surface area contributed by atoms with Crippen molar-refractivity contribution in [2.45, 2.75) is 69.6 Å². The first-order valence-electron chi connectivity index (χ1n) is 9.65. The summed E-state index contributed by atoms with van der Waals surface area (Å²) in [6.07, 6.45) is 10.8. The van der Waals surface area contributed by atoms with Crippen molar-refractivity contribution in [3.8, 4) is 0 Å². The molecule has 0 radical (unpaired) electrons. The summed E-state index contributed by atoms with van der Waals surface area (Å²) in [5, 5.41) is 10.6. The molecule has 5 nitrogen and oxygen atoms in total. The number of rotatable bonds is 5. The van der Waals surface area contributed by atoms with Gasteiger partial charge in [-0.25, -0.2) is 0 Å². The Kier molecular flexibility index (Phi) is 6.07. The summed E-state index contributed by atoms with van der Waals surface area (Å²) in [5.41, 5.74) is 0.531. The summed E-state index contributed by atoms with van der Waals surface area (Å²) in [6, 6.07) is 4.42. The molecule has 1 aliphatic carbocycles. The molecule has 1 aromatic rings. The lowest BCUT2D eigenvalue weighted by Gasteiger charge is -2.39. The van der Waals surface area contributed by atoms with Crippen LogP contribution in [0.15, 0.2) is 24.5 Å². The van der Waals surface area contributed by atoms with Crippen molar-refractivity contribution in [1.82, 2.24) is 14.8 Å². The number of aromatic nitrogens is 1. The third-order valence-corrected chi connectivity index (χ3v) is 5.92. The summed E-state index contributed by atoms with van der Waals surface area (Å²) in [7, 11) is 1.91. The standard InChI is InChI=1S/C20H31N3O2/c1-22(19(24)15-20(25)9-3-2-4-10-20)18-7-13-23(14-8-18)16-17-5-11-21-12-6-17/h5-6,11-12,18,25H,2-4,7-10,13-16H2,1H3. The molecule has 0 spiro atoms. The lowest BCUT2D eigenvalue weighted by molar-refractivity contribution is -0.139. The second-order valence-electron chi connectivity index (χ2n) is 7.83. The Morgan fingerprint density at radius 1 is 1.24 bits per heavy atom. The number of nitrogens with zero attached hydrogens (tertiary/aromatic N) is 3. The van der Waals surface area contributed by atoms with E-state index in [0.29, 0.717) is 12.5 Å². The van der Waals surface area contributed by atoms with Crippen molar-refractivity contribution < 1.29 is 9.90 Å². The van der Waals surface area contributed by atoms with Crippen LogP contribution in [0.1, 0.15) is 56.9 Å². The van der Waals surface area contributed by atoms with E-state index in [4.69, 9.17) is 0 Å². The van der Waals surface area contributed by atoms with Crippen LogP contribution in [0, 0.1) is 0 Å². The average molecular weight is 345 g/mol. The van der Waals surface area contributed by atoms with Gasteiger partial charge in [0.05, 0.1) is 12.0 Å². The van der Waals surface area contributed by atoms with E-state index < -0.39 is 5.60 Å². The highest BCUT2D eigenvalue weighted by Crippen LogP contribution is 2.31. The van der Waals surface area contributed by atoms with E-state index in [1.807, 2.05) is 24.3 Å². The van der Waals surface area contributed by atoms with Crippen LogP contribution in [0.3, 0.4) is 0 Å². The maximum atomic E-state index is 12.6. The zero-order valence-corrected chi connectivity index (χ0v) is 15.4. The highest BCUT2D eigenvalue weighted by atomic mass is 16.3. The van der Waals surface area contributed by atoms with Gasteiger partial charge in [-0.2, -0.15) is 0 Å². The van der Waals surface area contributed by atoms with Crippen molar-refractivity contribution in [3.05, 3.63) is 30.1 Å². The highest BCUT2D eigenvalue weighted by Gasteiger charge is 2.34. The summed E-state index contributed by atoms with van der Waals surface area (Å²) < 4.78 is 0. The minimum absolute atomic E-state index is 0.108. The van der Waals surface area contributed by atoms with Crippen LogP contribution in [0.25, 0.3) is 0 Å². The maximum absolute atomic E-state index is 12.6. The Balaban J connectivity index is 1.46. The second kappa shape index (κ2) is 8.28. The monoisotopic (exact) mass is 345 g/mol. The van der Waals surface area contributed by atoms with Crippen LogP contribution >= 0.6 is 0 Å². The lowest BCUT2D eigenvalue weighted by atomic mass is 9.82. The van der Waals surface area contributed by atoms with Gasteiger partial charge < -0.3 is 10.0 Å². The molecular formula is C20H31N3O2. The van der Waals surface area contributed by atoms with Crippen LogP contribution in [-0.4, -0.2) is 57.6 Å². The van der Waals surface area contributed by atoms with Gasteiger partial charge in [-0.05, 0) is 43.4 Å². The van der Waals surface area contributed by atoms with Gasteiger partial charge in [0.25, 0.3) is 0 Å². The molecule has 1 aromatic heterocycles. The molecule has 3 rings (SSSR count). The van der Waals surface area contributed by atoms with Gasteiger partial charge in [-0.1, -0.05) is 19.3 Å². The van der Waals surface area contributed by atoms with Gasteiger partial charge in [0, 0.05) is 45.1 Å². The lowest BCUT2D eigenvalue weighted by Crippen LogP contribution is -2.47. The maximum Gasteiger partial charge on any atom is 0.225 e. The van der Waals surface area contributed by atoms with Crippen molar-refractivity contribution in [1.29, 1.82) is 0 Å². The van der Waals surface area contributed by atoms with Crippen LogP contribution in [0.4, 0.5) is 0 Å². The topological polar surface area (TPSA) is 56.7 Å². The fourth-order valence-electron chi connectivity index (χ4n) is 4.21. The van der Waals surface area contributed by atoms with E-state index in [9.17, 15) is 9.90 Å². The smallest absolute Gasteiger partial charge is 0.225 e. The normalized spacial score (nSPS) is 21.8. The number of hydrogen-bond donors (Lipinski definition) is 1. The Morgan fingerprint density at radius 2 is 1.88 bits per heavy atom. The van der Waals surface area contributed by atoms with Crippen LogP contribution < -0.4 is 0 Å². The summed E-state index contributed by atoms with van der Waals surface area (Å²) >= 11 is 0. The molecule has 1 aliphatic heterocycles. The molecule has 2 heterocycles. The van der Waals surface area contributed by atoms with Gasteiger partial charge in [-0.15, -0.1) is 0 Å². The Bertz CT molecular complexity index is 549. The van der Waals surface area contributed by atoms with Crippen LogP contribution in [0.5, 0.6) is 0 Å². The summed E-state index contributed by atoms with van der Waals surface area (Å²) in [5.74, 6) is 0.108. The Hall–Kier alpha value is -1.46. The predicted octanol–water partition coefficient (Wildman–Crippen LogP) is 2.59. The van der Waals surface area contributed by atoms with Gasteiger partial charge >= 0.3 is 0 Å². The van der Waals surface area contributed by atoms with E-state index in [-0.39, 0.29) is 5.91 Å². The first-order chi connectivity index (χ1) is 12.1. The Labute approximate surface area is 151 Å². The summed E-state index contributed by atoms with van der Waals surface area (Å²) in [6.45, 7) is 2.97. The minimum atomic E-state index is -0.758. The van der Waals surface area contributed by atoms with Gasteiger partial charge in [0.1, 0.15) is 0 Å². The van der Waals surface area contributed by atoms with E-state index in [0.717, 1.165) is 58.2 Å². The van der Waals surface area contributed by atoms with E-state index in [1.165, 1.54) is 12.0 Å². The molecule has 2 fully saturated rings. The number of amides is 1. The van der Waals surface area contributed by atoms with Crippen LogP contribution in [-0.2, 0) is 11.3 Å². The largest absolute Gasteiger partial charge is 0.389 e. The molecule has 0 atom stereocenters. The fraction of sp³-hybridized carbons (Fsp3) is 0.700. The first kappa shape index (κ1) is 18.3. The van der Waals surface area contributed by atoms with Gasteiger partial charge in [-0.3, -0.25) is 14.7 Å². The average Bonchev–Trinajstić information content (AvgIpc) is 2.63. The molecule has 138 valence electrons. The molecule has 0 aromatic carbocycles. The molecule has 1 amide bonds. The van der Waals surface area contributed by atoms with E-state index in [2.05, 4.69) is 22.0 Å². The van der Waals surface area contributed by atoms with Crippen molar-refractivity contribution in [3.63, 3.8) is 0 Å². The number of pyridine rings is 1. The van der Waals surface area contributed by atoms with Crippen molar-refractivity contribution in [2.24, 2.45) is 0 Å². The third kappa shape index (κ3) is 5.02. The van der Waals surface area contributed by atoms with Crippen molar-refractivity contribution in [2.75, 3.05) is 20.1 Å². The molecule has 1 N–H and O–H groups in total. The molecule has 5 heteroatoms. The number of hydrogen-bond acceptors (Lipinski definition) is 4. The van der Waals surface area contributed by atoms with E-state index >= 15 is 0 Å². The first-order valence-corrected chi connectivity index (χ1v) is 9.65. The molecular weight excluding hydrogens is 314 g/mol. The SMILES string of the molecule is CN(C(=O)CC1(O)CCCCC1)C1CCN(Cc2ccncc2)CC1. The van der Waals surface area contributed by atoms with Gasteiger partial charge in [0.2, 0.25) is 5.91 Å². The van der Waals surface area contributed by atoms with E-state index in [1.54, 1.807) is 0 Å².